The molecule has 0 aromatic rings. The van der Waals surface area contributed by atoms with E-state index in [-0.39, 0.29) is 18.5 Å². The van der Waals surface area contributed by atoms with Crippen LogP contribution in [0.1, 0.15) is 52.4 Å². The number of carboxylic acid groups (broad SMARTS) is 1. The fraction of sp³-hybridized carbons (Fsp3) is 0.818. The van der Waals surface area contributed by atoms with Gasteiger partial charge in [0.05, 0.1) is 0 Å². The van der Waals surface area contributed by atoms with Crippen molar-refractivity contribution in [1.29, 1.82) is 0 Å². The van der Waals surface area contributed by atoms with Gasteiger partial charge in [0.2, 0.25) is 0 Å². The highest BCUT2D eigenvalue weighted by molar-refractivity contribution is 5.70. The van der Waals surface area contributed by atoms with E-state index < -0.39 is 5.97 Å². The maximum absolute atomic E-state index is 11.2. The molecule has 0 spiro atoms. The van der Waals surface area contributed by atoms with Crippen molar-refractivity contribution >= 4 is 11.9 Å². The summed E-state index contributed by atoms with van der Waals surface area (Å²) in [5.74, 6) is -1.03. The van der Waals surface area contributed by atoms with Crippen molar-refractivity contribution in [3.63, 3.8) is 0 Å². The first kappa shape index (κ1) is 13.9. The van der Waals surface area contributed by atoms with Crippen molar-refractivity contribution < 1.29 is 19.4 Å². The fourth-order valence-corrected chi connectivity index (χ4v) is 1.25. The van der Waals surface area contributed by atoms with Gasteiger partial charge in [-0.1, -0.05) is 13.8 Å². The van der Waals surface area contributed by atoms with Gasteiger partial charge in [-0.15, -0.1) is 0 Å². The zero-order valence-electron chi connectivity index (χ0n) is 9.49. The van der Waals surface area contributed by atoms with Gasteiger partial charge in [0, 0.05) is 12.8 Å². The molecule has 0 aliphatic rings. The van der Waals surface area contributed by atoms with E-state index >= 15 is 0 Å². The number of hydrogen-bond acceptors (Lipinski definition) is 3. The predicted molar refractivity (Wildman–Crippen MR) is 56.6 cm³/mol. The van der Waals surface area contributed by atoms with E-state index in [2.05, 4.69) is 0 Å². The van der Waals surface area contributed by atoms with Crippen LogP contribution >= 0.6 is 0 Å². The van der Waals surface area contributed by atoms with Gasteiger partial charge in [0.1, 0.15) is 6.10 Å². The fourth-order valence-electron chi connectivity index (χ4n) is 1.25. The van der Waals surface area contributed by atoms with E-state index in [4.69, 9.17) is 9.84 Å². The minimum absolute atomic E-state index is 0.0111. The van der Waals surface area contributed by atoms with Gasteiger partial charge in [-0.25, -0.2) is 0 Å². The lowest BCUT2D eigenvalue weighted by molar-refractivity contribution is -0.149. The molecule has 1 N–H and O–H groups in total. The lowest BCUT2D eigenvalue weighted by atomic mass is 10.2. The predicted octanol–water partition coefficient (Wildman–Crippen LogP) is 2.36. The quantitative estimate of drug-likeness (QED) is 0.499. The van der Waals surface area contributed by atoms with Gasteiger partial charge in [-0.2, -0.15) is 0 Å². The summed E-state index contributed by atoms with van der Waals surface area (Å²) in [4.78, 5) is 21.4. The first-order valence-corrected chi connectivity index (χ1v) is 5.51. The van der Waals surface area contributed by atoms with Crippen molar-refractivity contribution in [3.8, 4) is 0 Å². The summed E-state index contributed by atoms with van der Waals surface area (Å²) in [6.07, 6.45) is 3.24. The SMILES string of the molecule is CCC(CC)OC(=O)CCCCC(=O)O. The van der Waals surface area contributed by atoms with Crippen molar-refractivity contribution in [2.75, 3.05) is 0 Å². The number of aliphatic carboxylic acids is 1. The number of rotatable bonds is 8. The van der Waals surface area contributed by atoms with E-state index in [1.165, 1.54) is 0 Å². The van der Waals surface area contributed by atoms with Crippen LogP contribution in [-0.2, 0) is 14.3 Å². The zero-order chi connectivity index (χ0) is 11.7. The Morgan fingerprint density at radius 1 is 1.13 bits per heavy atom. The maximum Gasteiger partial charge on any atom is 0.306 e. The normalized spacial score (nSPS) is 10.3. The molecule has 0 saturated carbocycles. The molecule has 0 rings (SSSR count). The van der Waals surface area contributed by atoms with Crippen molar-refractivity contribution in [3.05, 3.63) is 0 Å². The van der Waals surface area contributed by atoms with Crippen LogP contribution < -0.4 is 0 Å². The largest absolute Gasteiger partial charge is 0.481 e. The third-order valence-corrected chi connectivity index (χ3v) is 2.23. The van der Waals surface area contributed by atoms with E-state index in [0.29, 0.717) is 19.3 Å². The van der Waals surface area contributed by atoms with Gasteiger partial charge in [-0.05, 0) is 25.7 Å². The molecule has 0 aromatic heterocycles. The van der Waals surface area contributed by atoms with Crippen molar-refractivity contribution in [1.82, 2.24) is 0 Å². The van der Waals surface area contributed by atoms with E-state index in [1.54, 1.807) is 0 Å². The Hall–Kier alpha value is -1.06. The minimum atomic E-state index is -0.816. The number of ether oxygens (including phenoxy) is 1. The third kappa shape index (κ3) is 7.97. The summed E-state index contributed by atoms with van der Waals surface area (Å²) in [7, 11) is 0. The van der Waals surface area contributed by atoms with Crippen LogP contribution in [0.2, 0.25) is 0 Å². The van der Waals surface area contributed by atoms with E-state index in [0.717, 1.165) is 12.8 Å². The number of carbonyl (C=O) groups excluding carboxylic acids is 1. The molecule has 4 heteroatoms. The molecule has 0 aliphatic carbocycles. The highest BCUT2D eigenvalue weighted by atomic mass is 16.5. The average molecular weight is 216 g/mol. The van der Waals surface area contributed by atoms with Crippen LogP contribution in [0.15, 0.2) is 0 Å². The molecule has 4 nitrogen and oxygen atoms in total. The molecule has 88 valence electrons. The Morgan fingerprint density at radius 2 is 1.67 bits per heavy atom. The summed E-state index contributed by atoms with van der Waals surface area (Å²) in [5, 5.41) is 8.38. The summed E-state index contributed by atoms with van der Waals surface area (Å²) < 4.78 is 5.17. The molecule has 0 bridgehead atoms. The van der Waals surface area contributed by atoms with Crippen LogP contribution in [0, 0.1) is 0 Å². The highest BCUT2D eigenvalue weighted by Crippen LogP contribution is 2.07. The molecular formula is C11H20O4. The molecule has 0 aromatic carbocycles. The molecule has 0 radical (unpaired) electrons. The molecule has 0 amide bonds. The smallest absolute Gasteiger partial charge is 0.306 e. The molecule has 15 heavy (non-hydrogen) atoms. The topological polar surface area (TPSA) is 63.6 Å². The lowest BCUT2D eigenvalue weighted by Gasteiger charge is -2.13. The van der Waals surface area contributed by atoms with Crippen LogP contribution in [0.3, 0.4) is 0 Å². The summed E-state index contributed by atoms with van der Waals surface area (Å²) in [5.41, 5.74) is 0. The lowest BCUT2D eigenvalue weighted by Crippen LogP contribution is -2.16. The number of unbranched alkanes of at least 4 members (excludes halogenated alkanes) is 1. The number of carboxylic acids is 1. The van der Waals surface area contributed by atoms with Gasteiger partial charge in [-0.3, -0.25) is 9.59 Å². The molecular weight excluding hydrogens is 196 g/mol. The third-order valence-electron chi connectivity index (χ3n) is 2.23. The number of esters is 1. The van der Waals surface area contributed by atoms with Crippen LogP contribution in [0.5, 0.6) is 0 Å². The standard InChI is InChI=1S/C11H20O4/c1-3-9(4-2)15-11(14)8-6-5-7-10(12)13/h9H,3-8H2,1-2H3,(H,12,13). The maximum atomic E-state index is 11.2. The summed E-state index contributed by atoms with van der Waals surface area (Å²) in [6, 6.07) is 0. The Bertz CT molecular complexity index is 197. The molecule has 0 unspecified atom stereocenters. The van der Waals surface area contributed by atoms with Gasteiger partial charge < -0.3 is 9.84 Å². The molecule has 0 fully saturated rings. The Labute approximate surface area is 90.6 Å². The van der Waals surface area contributed by atoms with Gasteiger partial charge >= 0.3 is 11.9 Å². The van der Waals surface area contributed by atoms with Crippen LogP contribution in [-0.4, -0.2) is 23.1 Å². The van der Waals surface area contributed by atoms with Crippen molar-refractivity contribution in [2.24, 2.45) is 0 Å². The Morgan fingerprint density at radius 3 is 2.13 bits per heavy atom. The number of hydrogen-bond donors (Lipinski definition) is 1. The average Bonchev–Trinajstić information content (AvgIpc) is 2.20. The van der Waals surface area contributed by atoms with Crippen molar-refractivity contribution in [2.45, 2.75) is 58.5 Å². The summed E-state index contributed by atoms with van der Waals surface area (Å²) in [6.45, 7) is 3.96. The molecule has 0 atom stereocenters. The minimum Gasteiger partial charge on any atom is -0.481 e. The van der Waals surface area contributed by atoms with Crippen LogP contribution in [0.25, 0.3) is 0 Å². The first-order chi connectivity index (χ1) is 7.10. The molecule has 0 heterocycles. The second kappa shape index (κ2) is 8.26. The first-order valence-electron chi connectivity index (χ1n) is 5.51. The second-order valence-corrected chi connectivity index (χ2v) is 3.53. The highest BCUT2D eigenvalue weighted by Gasteiger charge is 2.10. The second-order valence-electron chi connectivity index (χ2n) is 3.53. The molecule has 0 aliphatic heterocycles. The zero-order valence-corrected chi connectivity index (χ0v) is 9.49. The monoisotopic (exact) mass is 216 g/mol. The summed E-state index contributed by atoms with van der Waals surface area (Å²) >= 11 is 0. The van der Waals surface area contributed by atoms with Gasteiger partial charge in [0.15, 0.2) is 0 Å². The van der Waals surface area contributed by atoms with Gasteiger partial charge in [0.25, 0.3) is 0 Å². The Kier molecular flexibility index (Phi) is 7.68. The van der Waals surface area contributed by atoms with E-state index in [9.17, 15) is 9.59 Å². The Balaban J connectivity index is 3.52. The van der Waals surface area contributed by atoms with Crippen LogP contribution in [0.4, 0.5) is 0 Å². The molecule has 0 saturated heterocycles. The van der Waals surface area contributed by atoms with E-state index in [1.807, 2.05) is 13.8 Å². The number of carbonyl (C=O) groups is 2.